The lowest BCUT2D eigenvalue weighted by Gasteiger charge is -2.42. The Kier molecular flexibility index (Phi) is 4.25. The molecule has 3 N–H and O–H groups in total. The largest absolute Gasteiger partial charge is 0.381 e. The second-order valence-electron chi connectivity index (χ2n) is 5.56. The van der Waals surface area contributed by atoms with Crippen LogP contribution in [0.15, 0.2) is 0 Å². The number of carbonyl (C=O) groups is 1. The van der Waals surface area contributed by atoms with Gasteiger partial charge in [-0.05, 0) is 32.1 Å². The summed E-state index contributed by atoms with van der Waals surface area (Å²) < 4.78 is 10.8. The summed E-state index contributed by atoms with van der Waals surface area (Å²) in [6.45, 7) is 1.82. The molecule has 0 radical (unpaired) electrons. The molecule has 5 heteroatoms. The zero-order valence-electron chi connectivity index (χ0n) is 11.2. The predicted molar refractivity (Wildman–Crippen MR) is 68.2 cm³/mol. The minimum atomic E-state index is -0.270. The third-order valence-corrected chi connectivity index (χ3v) is 4.43. The van der Waals surface area contributed by atoms with Crippen LogP contribution >= 0.6 is 0 Å². The summed E-state index contributed by atoms with van der Waals surface area (Å²) in [6.07, 6.45) is 5.17. The van der Waals surface area contributed by atoms with E-state index >= 15 is 0 Å². The first-order chi connectivity index (χ1) is 8.64. The van der Waals surface area contributed by atoms with Gasteiger partial charge in [-0.15, -0.1) is 0 Å². The molecule has 0 unspecified atom stereocenters. The van der Waals surface area contributed by atoms with Crippen molar-refractivity contribution in [2.24, 2.45) is 5.73 Å². The van der Waals surface area contributed by atoms with E-state index in [2.05, 4.69) is 5.32 Å². The minimum absolute atomic E-state index is 0.0592. The van der Waals surface area contributed by atoms with Crippen LogP contribution in [0.1, 0.15) is 38.5 Å². The SMILES string of the molecule is COC1(CC(=O)NC2(CN)CCOCC2)CCC1. The Bertz CT molecular complexity index is 291. The van der Waals surface area contributed by atoms with Crippen LogP contribution in [0.5, 0.6) is 0 Å². The van der Waals surface area contributed by atoms with Crippen molar-refractivity contribution in [3.8, 4) is 0 Å². The van der Waals surface area contributed by atoms with E-state index in [-0.39, 0.29) is 17.0 Å². The molecule has 1 saturated heterocycles. The lowest BCUT2D eigenvalue weighted by Crippen LogP contribution is -2.58. The molecule has 2 aliphatic rings. The van der Waals surface area contributed by atoms with E-state index in [0.29, 0.717) is 26.2 Å². The number of methoxy groups -OCH3 is 1. The lowest BCUT2D eigenvalue weighted by atomic mass is 9.77. The molecule has 2 rings (SSSR count). The van der Waals surface area contributed by atoms with Crippen molar-refractivity contribution in [3.63, 3.8) is 0 Å². The zero-order valence-corrected chi connectivity index (χ0v) is 11.2. The van der Waals surface area contributed by atoms with Gasteiger partial charge < -0.3 is 20.5 Å². The van der Waals surface area contributed by atoms with E-state index < -0.39 is 0 Å². The molecule has 2 fully saturated rings. The normalized spacial score (nSPS) is 25.2. The maximum absolute atomic E-state index is 12.2. The quantitative estimate of drug-likeness (QED) is 0.754. The van der Waals surface area contributed by atoms with E-state index in [4.69, 9.17) is 15.2 Å². The summed E-state index contributed by atoms with van der Waals surface area (Å²) in [7, 11) is 1.69. The number of ether oxygens (including phenoxy) is 2. The van der Waals surface area contributed by atoms with Gasteiger partial charge in [0.2, 0.25) is 5.91 Å². The Morgan fingerprint density at radius 3 is 2.44 bits per heavy atom. The Balaban J connectivity index is 1.89. The number of carbonyl (C=O) groups excluding carboxylic acids is 1. The molecule has 18 heavy (non-hydrogen) atoms. The van der Waals surface area contributed by atoms with E-state index in [9.17, 15) is 4.79 Å². The summed E-state index contributed by atoms with van der Waals surface area (Å²) in [5.74, 6) is 0.0592. The first-order valence-electron chi connectivity index (χ1n) is 6.78. The molecule has 0 atom stereocenters. The number of nitrogens with two attached hydrogens (primary N) is 1. The first kappa shape index (κ1) is 13.8. The maximum Gasteiger partial charge on any atom is 0.223 e. The summed E-state index contributed by atoms with van der Waals surface area (Å²) in [4.78, 5) is 12.2. The Morgan fingerprint density at radius 2 is 2.00 bits per heavy atom. The molecule has 5 nitrogen and oxygen atoms in total. The van der Waals surface area contributed by atoms with Crippen LogP contribution in [-0.4, -0.2) is 43.9 Å². The Labute approximate surface area is 108 Å². The van der Waals surface area contributed by atoms with Crippen molar-refractivity contribution in [1.82, 2.24) is 5.32 Å². The van der Waals surface area contributed by atoms with Gasteiger partial charge in [0.25, 0.3) is 0 Å². The van der Waals surface area contributed by atoms with Crippen molar-refractivity contribution in [3.05, 3.63) is 0 Å². The average Bonchev–Trinajstić information content (AvgIpc) is 2.35. The topological polar surface area (TPSA) is 73.6 Å². The van der Waals surface area contributed by atoms with Gasteiger partial charge in [-0.3, -0.25) is 4.79 Å². The third-order valence-electron chi connectivity index (χ3n) is 4.43. The average molecular weight is 256 g/mol. The van der Waals surface area contributed by atoms with Crippen LogP contribution in [0, 0.1) is 0 Å². The van der Waals surface area contributed by atoms with Gasteiger partial charge in [-0.1, -0.05) is 0 Å². The van der Waals surface area contributed by atoms with E-state index in [1.54, 1.807) is 7.11 Å². The molecule has 1 aliphatic carbocycles. The van der Waals surface area contributed by atoms with Gasteiger partial charge in [-0.2, -0.15) is 0 Å². The molecule has 1 aliphatic heterocycles. The summed E-state index contributed by atoms with van der Waals surface area (Å²) in [6, 6.07) is 0. The molecule has 0 bridgehead atoms. The van der Waals surface area contributed by atoms with Gasteiger partial charge in [0.15, 0.2) is 0 Å². The third kappa shape index (κ3) is 2.84. The Morgan fingerprint density at radius 1 is 1.33 bits per heavy atom. The predicted octanol–water partition coefficient (Wildman–Crippen LogP) is 0.570. The van der Waals surface area contributed by atoms with Crippen molar-refractivity contribution >= 4 is 5.91 Å². The van der Waals surface area contributed by atoms with Gasteiger partial charge in [0, 0.05) is 26.9 Å². The van der Waals surface area contributed by atoms with Crippen LogP contribution in [0.2, 0.25) is 0 Å². The molecule has 0 aromatic heterocycles. The highest BCUT2D eigenvalue weighted by Gasteiger charge is 2.41. The highest BCUT2D eigenvalue weighted by atomic mass is 16.5. The summed E-state index contributed by atoms with van der Waals surface area (Å²) in [5.41, 5.74) is 5.34. The molecule has 1 saturated carbocycles. The number of nitrogens with one attached hydrogen (secondary N) is 1. The monoisotopic (exact) mass is 256 g/mol. The summed E-state index contributed by atoms with van der Waals surface area (Å²) >= 11 is 0. The fraction of sp³-hybridized carbons (Fsp3) is 0.923. The van der Waals surface area contributed by atoms with E-state index in [0.717, 1.165) is 32.1 Å². The molecule has 0 aromatic carbocycles. The van der Waals surface area contributed by atoms with Gasteiger partial charge >= 0.3 is 0 Å². The van der Waals surface area contributed by atoms with Gasteiger partial charge in [0.1, 0.15) is 0 Å². The standard InChI is InChI=1S/C13H24N2O3/c1-17-13(3-2-4-13)9-11(16)15-12(10-14)5-7-18-8-6-12/h2-10,14H2,1H3,(H,15,16). The molecular formula is C13H24N2O3. The highest BCUT2D eigenvalue weighted by molar-refractivity contribution is 5.78. The maximum atomic E-state index is 12.2. The smallest absolute Gasteiger partial charge is 0.223 e. The van der Waals surface area contributed by atoms with Crippen molar-refractivity contribution in [2.75, 3.05) is 26.9 Å². The van der Waals surface area contributed by atoms with Crippen LogP contribution in [0.25, 0.3) is 0 Å². The van der Waals surface area contributed by atoms with Crippen LogP contribution in [0.3, 0.4) is 0 Å². The van der Waals surface area contributed by atoms with E-state index in [1.807, 2.05) is 0 Å². The van der Waals surface area contributed by atoms with Gasteiger partial charge in [-0.25, -0.2) is 0 Å². The van der Waals surface area contributed by atoms with Crippen molar-refractivity contribution in [1.29, 1.82) is 0 Å². The number of hydrogen-bond acceptors (Lipinski definition) is 4. The molecular weight excluding hydrogens is 232 g/mol. The first-order valence-corrected chi connectivity index (χ1v) is 6.78. The fourth-order valence-electron chi connectivity index (χ4n) is 2.80. The van der Waals surface area contributed by atoms with Crippen molar-refractivity contribution < 1.29 is 14.3 Å². The summed E-state index contributed by atoms with van der Waals surface area (Å²) in [5, 5.41) is 3.12. The lowest BCUT2D eigenvalue weighted by molar-refractivity contribution is -0.137. The van der Waals surface area contributed by atoms with Crippen LogP contribution < -0.4 is 11.1 Å². The zero-order chi connectivity index (χ0) is 13.1. The second kappa shape index (κ2) is 5.55. The second-order valence-corrected chi connectivity index (χ2v) is 5.56. The Hall–Kier alpha value is -0.650. The molecule has 1 heterocycles. The van der Waals surface area contributed by atoms with E-state index in [1.165, 1.54) is 0 Å². The number of hydrogen-bond donors (Lipinski definition) is 2. The molecule has 1 amide bonds. The van der Waals surface area contributed by atoms with Crippen LogP contribution in [-0.2, 0) is 14.3 Å². The minimum Gasteiger partial charge on any atom is -0.381 e. The van der Waals surface area contributed by atoms with Crippen molar-refractivity contribution in [2.45, 2.75) is 49.7 Å². The highest BCUT2D eigenvalue weighted by Crippen LogP contribution is 2.38. The number of amides is 1. The van der Waals surface area contributed by atoms with Gasteiger partial charge in [0.05, 0.1) is 17.6 Å². The molecule has 0 spiro atoms. The molecule has 104 valence electrons. The molecule has 0 aromatic rings. The number of rotatable bonds is 5. The fourth-order valence-corrected chi connectivity index (χ4v) is 2.80. The van der Waals surface area contributed by atoms with Crippen LogP contribution in [0.4, 0.5) is 0 Å².